The maximum Gasteiger partial charge on any atom is 0.410 e. The van der Waals surface area contributed by atoms with Crippen LogP contribution in [-0.4, -0.2) is 90.6 Å². The lowest BCUT2D eigenvalue weighted by molar-refractivity contribution is -0.140. The van der Waals surface area contributed by atoms with Gasteiger partial charge in [0.2, 0.25) is 21.8 Å². The summed E-state index contributed by atoms with van der Waals surface area (Å²) < 4.78 is 33.7. The monoisotopic (exact) mass is 782 g/mol. The van der Waals surface area contributed by atoms with Crippen LogP contribution in [0, 0.1) is 5.92 Å². The molecule has 2 aromatic carbocycles. The van der Waals surface area contributed by atoms with E-state index in [-0.39, 0.29) is 43.9 Å². The van der Waals surface area contributed by atoms with Gasteiger partial charge in [0.15, 0.2) is 0 Å². The molecule has 2 aromatic rings. The fraction of sp³-hybridized carbons (Fsp3) is 0.568. The predicted octanol–water partition coefficient (Wildman–Crippen LogP) is 2.05. The zero-order valence-electron chi connectivity index (χ0n) is 29.7. The van der Waals surface area contributed by atoms with Gasteiger partial charge in [0.25, 0.3) is 16.8 Å². The second-order valence-corrected chi connectivity index (χ2v) is 17.8. The Morgan fingerprint density at radius 3 is 2.50 bits per heavy atom. The Balaban J connectivity index is 1.07. The maximum atomic E-state index is 14.6. The highest BCUT2D eigenvalue weighted by molar-refractivity contribution is 7.91. The molecule has 0 bridgehead atoms. The van der Waals surface area contributed by atoms with Crippen LogP contribution in [0.1, 0.15) is 75.3 Å². The van der Waals surface area contributed by atoms with Crippen LogP contribution in [0.3, 0.4) is 0 Å². The minimum absolute atomic E-state index is 0.0858. The molecule has 3 N–H and O–H groups in total. The van der Waals surface area contributed by atoms with Crippen LogP contribution in [0.4, 0.5) is 16.2 Å². The largest absolute Gasteiger partial charge is 0.444 e. The van der Waals surface area contributed by atoms with E-state index in [4.69, 9.17) is 16.3 Å². The standard InChI is InChI=1S/C37H43ClN6O9S/c38-26-10-6-8-21-18-43(20-25(21)26)36(50)53-23-16-28-33(47)40-37(35(49)41-54(51,52)24-12-13-24)17-22(37)9-4-2-1-3-5-11-27(34(48)44(28)19-23)39-29-30(32(46)31(29)45)42-14-7-15-42/h4,6,8-10,22-24,27-28,39H,1-3,5,7,11-20H2,(H,40,47)(H,41,49)/b9-4-/t22-,23?,27+,28+,37-/m1/s1. The lowest BCUT2D eigenvalue weighted by Crippen LogP contribution is -2.58. The molecule has 4 heterocycles. The van der Waals surface area contributed by atoms with Crippen molar-refractivity contribution in [2.45, 2.75) is 106 Å². The third kappa shape index (κ3) is 6.75. The highest BCUT2D eigenvalue weighted by atomic mass is 35.5. The molecule has 5 atom stereocenters. The number of carbonyl (C=O) groups excluding carboxylic acids is 4. The van der Waals surface area contributed by atoms with Gasteiger partial charge in [-0.25, -0.2) is 13.2 Å². The summed E-state index contributed by atoms with van der Waals surface area (Å²) in [6.07, 6.45) is 7.14. The quantitative estimate of drug-likeness (QED) is 0.275. The first kappa shape index (κ1) is 36.5. The van der Waals surface area contributed by atoms with Gasteiger partial charge in [0, 0.05) is 37.0 Å². The number of ether oxygens (including phenoxy) is 1. The van der Waals surface area contributed by atoms with E-state index in [1.807, 2.05) is 18.2 Å². The summed E-state index contributed by atoms with van der Waals surface area (Å²) in [6.45, 7) is 1.61. The smallest absolute Gasteiger partial charge is 0.410 e. The molecule has 4 fully saturated rings. The maximum absolute atomic E-state index is 14.6. The van der Waals surface area contributed by atoms with E-state index in [0.717, 1.165) is 30.4 Å². The van der Waals surface area contributed by atoms with Crippen LogP contribution in [0.25, 0.3) is 0 Å². The molecule has 0 radical (unpaired) electrons. The van der Waals surface area contributed by atoms with Crippen molar-refractivity contribution in [3.05, 3.63) is 66.9 Å². The second kappa shape index (κ2) is 14.0. The molecule has 17 heteroatoms. The number of carbonyl (C=O) groups is 4. The number of hydrogen-bond donors (Lipinski definition) is 3. The van der Waals surface area contributed by atoms with Gasteiger partial charge in [-0.1, -0.05) is 48.7 Å². The average molecular weight is 783 g/mol. The van der Waals surface area contributed by atoms with Crippen LogP contribution < -0.4 is 31.1 Å². The fourth-order valence-electron chi connectivity index (χ4n) is 8.10. The molecular weight excluding hydrogens is 740 g/mol. The summed E-state index contributed by atoms with van der Waals surface area (Å²) in [4.78, 5) is 86.1. The van der Waals surface area contributed by atoms with Crippen LogP contribution in [0.5, 0.6) is 0 Å². The summed E-state index contributed by atoms with van der Waals surface area (Å²) in [7, 11) is -3.92. The van der Waals surface area contributed by atoms with Crippen LogP contribution in [-0.2, 0) is 42.2 Å². The van der Waals surface area contributed by atoms with Crippen molar-refractivity contribution >= 4 is 56.8 Å². The molecule has 6 aliphatic rings. The Bertz CT molecular complexity index is 2110. The topological polar surface area (TPSA) is 192 Å². The number of nitrogens with one attached hydrogen (secondary N) is 3. The third-order valence-electron chi connectivity index (χ3n) is 11.7. The van der Waals surface area contributed by atoms with Gasteiger partial charge in [0.1, 0.15) is 35.1 Å². The van der Waals surface area contributed by atoms with E-state index in [9.17, 15) is 37.2 Å². The first-order valence-corrected chi connectivity index (χ1v) is 20.7. The van der Waals surface area contributed by atoms with E-state index >= 15 is 0 Å². The number of sulfonamides is 1. The number of hydrogen-bond acceptors (Lipinski definition) is 11. The minimum atomic E-state index is -3.92. The van der Waals surface area contributed by atoms with Gasteiger partial charge in [-0.3, -0.25) is 33.6 Å². The zero-order valence-corrected chi connectivity index (χ0v) is 31.3. The lowest BCUT2D eigenvalue weighted by atomic mass is 10.0. The summed E-state index contributed by atoms with van der Waals surface area (Å²) in [5.74, 6) is -2.51. The normalized spacial score (nSPS) is 29.2. The van der Waals surface area contributed by atoms with E-state index in [1.54, 1.807) is 17.0 Å². The van der Waals surface area contributed by atoms with E-state index in [1.165, 1.54) is 9.80 Å². The van der Waals surface area contributed by atoms with Crippen molar-refractivity contribution in [3.8, 4) is 0 Å². The third-order valence-corrected chi connectivity index (χ3v) is 13.8. The summed E-state index contributed by atoms with van der Waals surface area (Å²) in [5.41, 5.74) is -0.795. The van der Waals surface area contributed by atoms with Gasteiger partial charge >= 0.3 is 6.09 Å². The highest BCUT2D eigenvalue weighted by Gasteiger charge is 2.62. The Labute approximate surface area is 317 Å². The summed E-state index contributed by atoms with van der Waals surface area (Å²) in [6, 6.07) is 3.24. The number of nitrogens with zero attached hydrogens (tertiary/aromatic N) is 3. The molecule has 54 heavy (non-hydrogen) atoms. The summed E-state index contributed by atoms with van der Waals surface area (Å²) in [5, 5.41) is 5.78. The highest BCUT2D eigenvalue weighted by Crippen LogP contribution is 2.46. The number of halogens is 1. The molecule has 8 rings (SSSR count). The van der Waals surface area contributed by atoms with Crippen LogP contribution in [0.2, 0.25) is 5.02 Å². The minimum Gasteiger partial charge on any atom is -0.444 e. The average Bonchev–Trinajstić information content (AvgIpc) is 4.00. The first-order chi connectivity index (χ1) is 25.9. The van der Waals surface area contributed by atoms with Crippen molar-refractivity contribution < 1.29 is 32.3 Å². The number of fused-ring (bicyclic) bond motifs is 3. The predicted molar refractivity (Wildman–Crippen MR) is 198 cm³/mol. The Hall–Kier alpha value is -4.44. The molecular formula is C37H43ClN6O9S. The van der Waals surface area contributed by atoms with Crippen molar-refractivity contribution in [2.24, 2.45) is 5.92 Å². The lowest BCUT2D eigenvalue weighted by Gasteiger charge is -2.36. The van der Waals surface area contributed by atoms with Crippen LogP contribution in [0.15, 0.2) is 39.9 Å². The molecule has 2 saturated heterocycles. The van der Waals surface area contributed by atoms with Crippen molar-refractivity contribution in [1.82, 2.24) is 19.8 Å². The summed E-state index contributed by atoms with van der Waals surface area (Å²) >= 11 is 6.37. The molecule has 4 aliphatic heterocycles. The number of anilines is 2. The van der Waals surface area contributed by atoms with E-state index in [2.05, 4.69) is 15.4 Å². The number of allylic oxidation sites excluding steroid dienone is 1. The molecule has 4 amide bonds. The molecule has 0 spiro atoms. The van der Waals surface area contributed by atoms with Gasteiger partial charge in [-0.15, -0.1) is 0 Å². The number of rotatable bonds is 7. The van der Waals surface area contributed by atoms with E-state index in [0.29, 0.717) is 50.2 Å². The zero-order chi connectivity index (χ0) is 37.9. The van der Waals surface area contributed by atoms with Gasteiger partial charge in [0.05, 0.1) is 18.3 Å². The van der Waals surface area contributed by atoms with Crippen molar-refractivity contribution in [2.75, 3.05) is 29.9 Å². The van der Waals surface area contributed by atoms with Gasteiger partial charge in [-0.2, -0.15) is 0 Å². The molecule has 2 saturated carbocycles. The van der Waals surface area contributed by atoms with Gasteiger partial charge < -0.3 is 25.2 Å². The van der Waals surface area contributed by atoms with Gasteiger partial charge in [-0.05, 0) is 62.1 Å². The Kier molecular flexibility index (Phi) is 9.47. The Morgan fingerprint density at radius 2 is 1.78 bits per heavy atom. The van der Waals surface area contributed by atoms with Crippen LogP contribution >= 0.6 is 11.6 Å². The van der Waals surface area contributed by atoms with Crippen molar-refractivity contribution in [1.29, 1.82) is 0 Å². The second-order valence-electron chi connectivity index (χ2n) is 15.4. The molecule has 0 aromatic heterocycles. The Morgan fingerprint density at radius 1 is 0.981 bits per heavy atom. The first-order valence-electron chi connectivity index (χ1n) is 18.8. The van der Waals surface area contributed by atoms with E-state index < -0.39 is 79.6 Å². The van der Waals surface area contributed by atoms with Crippen molar-refractivity contribution in [3.63, 3.8) is 0 Å². The molecule has 288 valence electrons. The molecule has 2 aliphatic carbocycles. The molecule has 15 nitrogen and oxygen atoms in total. The molecule has 1 unspecified atom stereocenters. The SMILES string of the molecule is O=C1N[C@]2(C(=O)NS(=O)(=O)C3CC3)C[C@H]2/C=C\CCCCC[C@H](Nc2c(N3CCC3)c(=O)c2=O)C(=O)N2CC(OC(=O)N3Cc4cccc(Cl)c4C3)C[C@@H]12. The fourth-order valence-corrected chi connectivity index (χ4v) is 9.72. The number of benzene rings is 1. The number of amides is 4.